The van der Waals surface area contributed by atoms with Gasteiger partial charge in [-0.1, -0.05) is 23.7 Å². The molecule has 130 valence electrons. The molecule has 0 bridgehead atoms. The number of benzene rings is 1. The van der Waals surface area contributed by atoms with Crippen LogP contribution in [0.4, 0.5) is 5.82 Å². The van der Waals surface area contributed by atoms with Gasteiger partial charge in [-0.25, -0.2) is 15.0 Å². The Kier molecular flexibility index (Phi) is 4.16. The lowest BCUT2D eigenvalue weighted by molar-refractivity contribution is -0.0457. The quantitative estimate of drug-likeness (QED) is 0.729. The summed E-state index contributed by atoms with van der Waals surface area (Å²) in [4.78, 5) is 12.3. The van der Waals surface area contributed by atoms with Gasteiger partial charge in [0.2, 0.25) is 0 Å². The summed E-state index contributed by atoms with van der Waals surface area (Å²) in [5.74, 6) is 0.870. The van der Waals surface area contributed by atoms with Crippen molar-refractivity contribution in [2.45, 2.75) is 24.9 Å². The molecule has 1 aromatic carbocycles. The smallest absolute Gasteiger partial charge is 0.167 e. The molecule has 3 atom stereocenters. The van der Waals surface area contributed by atoms with Gasteiger partial charge in [-0.15, -0.1) is 0 Å². The van der Waals surface area contributed by atoms with Crippen LogP contribution >= 0.6 is 11.6 Å². The number of ether oxygens (including phenoxy) is 2. The summed E-state index contributed by atoms with van der Waals surface area (Å²) in [5.41, 5.74) is 6.79. The molecule has 3 heterocycles. The van der Waals surface area contributed by atoms with Crippen molar-refractivity contribution >= 4 is 28.6 Å². The highest BCUT2D eigenvalue weighted by Crippen LogP contribution is 2.32. The maximum atomic E-state index is 10.4. The number of fused-ring (bicyclic) bond motifs is 1. The standard InChI is InChI=1S/C16H16ClN5O3/c17-10-3-1-2-4-12(10)24-6-9-5-11(23)16(25-9)22-8-21-13-14(18)19-7-20-15(13)22/h1-4,7-9,11,16,23H,5-6H2,(H2,18,19,20)/t9-,11+,16+/m0/s1. The van der Waals surface area contributed by atoms with Crippen molar-refractivity contribution in [1.82, 2.24) is 19.5 Å². The first-order chi connectivity index (χ1) is 12.1. The number of hydrogen-bond acceptors (Lipinski definition) is 7. The Labute approximate surface area is 148 Å². The zero-order valence-electron chi connectivity index (χ0n) is 13.1. The molecule has 0 spiro atoms. The van der Waals surface area contributed by atoms with Crippen molar-refractivity contribution in [3.63, 3.8) is 0 Å². The fraction of sp³-hybridized carbons (Fsp3) is 0.312. The summed E-state index contributed by atoms with van der Waals surface area (Å²) >= 11 is 6.07. The Morgan fingerprint density at radius 3 is 3.00 bits per heavy atom. The number of nitrogens with two attached hydrogens (primary N) is 1. The molecule has 3 aromatic rings. The minimum atomic E-state index is -0.714. The highest BCUT2D eigenvalue weighted by molar-refractivity contribution is 6.32. The van der Waals surface area contributed by atoms with Gasteiger partial charge >= 0.3 is 0 Å². The van der Waals surface area contributed by atoms with E-state index in [1.165, 1.54) is 6.33 Å². The Morgan fingerprint density at radius 1 is 1.32 bits per heavy atom. The summed E-state index contributed by atoms with van der Waals surface area (Å²) in [6, 6.07) is 7.22. The molecule has 1 fully saturated rings. The monoisotopic (exact) mass is 361 g/mol. The molecular formula is C16H16ClN5O3. The van der Waals surface area contributed by atoms with E-state index in [2.05, 4.69) is 15.0 Å². The van der Waals surface area contributed by atoms with Gasteiger partial charge < -0.3 is 20.3 Å². The molecule has 0 unspecified atom stereocenters. The van der Waals surface area contributed by atoms with Gasteiger partial charge in [0.15, 0.2) is 17.7 Å². The second-order valence-corrected chi connectivity index (χ2v) is 6.18. The topological polar surface area (TPSA) is 108 Å². The minimum Gasteiger partial charge on any atom is -0.489 e. The lowest BCUT2D eigenvalue weighted by atomic mass is 10.2. The van der Waals surface area contributed by atoms with E-state index in [9.17, 15) is 5.11 Å². The molecule has 1 aliphatic heterocycles. The molecule has 3 N–H and O–H groups in total. The molecule has 4 rings (SSSR count). The second-order valence-electron chi connectivity index (χ2n) is 5.78. The van der Waals surface area contributed by atoms with Crippen molar-refractivity contribution in [3.05, 3.63) is 41.9 Å². The number of para-hydroxylation sites is 1. The van der Waals surface area contributed by atoms with Crippen LogP contribution in [0.25, 0.3) is 11.2 Å². The summed E-state index contributed by atoms with van der Waals surface area (Å²) in [5, 5.41) is 10.9. The van der Waals surface area contributed by atoms with Crippen molar-refractivity contribution in [3.8, 4) is 5.75 Å². The molecule has 0 radical (unpaired) electrons. The molecule has 2 aromatic heterocycles. The fourth-order valence-electron chi connectivity index (χ4n) is 2.89. The molecule has 0 aliphatic carbocycles. The third kappa shape index (κ3) is 2.99. The number of nitrogens with zero attached hydrogens (tertiary/aromatic N) is 4. The summed E-state index contributed by atoms with van der Waals surface area (Å²) in [6.07, 6.45) is 1.71. The van der Waals surface area contributed by atoms with Gasteiger partial charge in [0.1, 0.15) is 30.3 Å². The molecule has 8 nitrogen and oxygen atoms in total. The first-order valence-corrected chi connectivity index (χ1v) is 8.15. The summed E-state index contributed by atoms with van der Waals surface area (Å²) in [6.45, 7) is 0.279. The Bertz CT molecular complexity index is 902. The van der Waals surface area contributed by atoms with Crippen LogP contribution in [0.3, 0.4) is 0 Å². The first kappa shape index (κ1) is 16.1. The van der Waals surface area contributed by atoms with E-state index in [1.54, 1.807) is 23.0 Å². The number of imidazole rings is 1. The van der Waals surface area contributed by atoms with Crippen molar-refractivity contribution in [1.29, 1.82) is 0 Å². The number of rotatable bonds is 4. The number of anilines is 1. The van der Waals surface area contributed by atoms with Crippen LogP contribution in [0.2, 0.25) is 5.02 Å². The lowest BCUT2D eigenvalue weighted by Crippen LogP contribution is -2.19. The van der Waals surface area contributed by atoms with E-state index in [1.807, 2.05) is 12.1 Å². The Balaban J connectivity index is 1.49. The van der Waals surface area contributed by atoms with Crippen LogP contribution in [0.5, 0.6) is 5.75 Å². The maximum Gasteiger partial charge on any atom is 0.167 e. The number of halogens is 1. The number of hydrogen-bond donors (Lipinski definition) is 2. The highest BCUT2D eigenvalue weighted by atomic mass is 35.5. The number of aliphatic hydroxyl groups excluding tert-OH is 1. The predicted molar refractivity (Wildman–Crippen MR) is 91.2 cm³/mol. The van der Waals surface area contributed by atoms with Gasteiger partial charge in [0.25, 0.3) is 0 Å². The number of nitrogen functional groups attached to an aromatic ring is 1. The first-order valence-electron chi connectivity index (χ1n) is 7.77. The van der Waals surface area contributed by atoms with Gasteiger partial charge in [0.05, 0.1) is 17.5 Å². The highest BCUT2D eigenvalue weighted by Gasteiger charge is 2.36. The van der Waals surface area contributed by atoms with Gasteiger partial charge in [-0.05, 0) is 12.1 Å². The van der Waals surface area contributed by atoms with Crippen molar-refractivity contribution in [2.24, 2.45) is 0 Å². The van der Waals surface area contributed by atoms with Crippen LogP contribution < -0.4 is 10.5 Å². The molecule has 25 heavy (non-hydrogen) atoms. The third-order valence-electron chi connectivity index (χ3n) is 4.09. The van der Waals surface area contributed by atoms with E-state index < -0.39 is 12.3 Å². The van der Waals surface area contributed by atoms with E-state index in [0.29, 0.717) is 28.4 Å². The van der Waals surface area contributed by atoms with E-state index in [0.717, 1.165) is 0 Å². The van der Waals surface area contributed by atoms with Crippen molar-refractivity contribution in [2.75, 3.05) is 12.3 Å². The van der Waals surface area contributed by atoms with E-state index >= 15 is 0 Å². The normalized spacial score (nSPS) is 23.2. The number of aromatic nitrogens is 4. The Hall–Kier alpha value is -2.42. The van der Waals surface area contributed by atoms with E-state index in [4.69, 9.17) is 26.8 Å². The molecule has 0 amide bonds. The second kappa shape index (κ2) is 6.47. The number of aliphatic hydroxyl groups is 1. The fourth-order valence-corrected chi connectivity index (χ4v) is 3.08. The van der Waals surface area contributed by atoms with Crippen LogP contribution in [0.15, 0.2) is 36.9 Å². The predicted octanol–water partition coefficient (Wildman–Crippen LogP) is 1.79. The molecule has 1 saturated heterocycles. The molecule has 1 aliphatic rings. The SMILES string of the molecule is Nc1ncnc2c1ncn2[C@@H]1O[C@H](COc2ccccc2Cl)C[C@H]1O. The van der Waals surface area contributed by atoms with Crippen LogP contribution in [-0.2, 0) is 4.74 Å². The van der Waals surface area contributed by atoms with E-state index in [-0.39, 0.29) is 18.5 Å². The van der Waals surface area contributed by atoms with Crippen LogP contribution in [0.1, 0.15) is 12.6 Å². The largest absolute Gasteiger partial charge is 0.489 e. The molecular weight excluding hydrogens is 346 g/mol. The average molecular weight is 362 g/mol. The zero-order chi connectivity index (χ0) is 17.4. The summed E-state index contributed by atoms with van der Waals surface area (Å²) in [7, 11) is 0. The summed E-state index contributed by atoms with van der Waals surface area (Å²) < 4.78 is 13.3. The van der Waals surface area contributed by atoms with Crippen LogP contribution in [0, 0.1) is 0 Å². The van der Waals surface area contributed by atoms with Gasteiger partial charge in [-0.2, -0.15) is 0 Å². The Morgan fingerprint density at radius 2 is 2.16 bits per heavy atom. The third-order valence-corrected chi connectivity index (χ3v) is 4.40. The zero-order valence-corrected chi connectivity index (χ0v) is 13.9. The van der Waals surface area contributed by atoms with Crippen LogP contribution in [-0.4, -0.2) is 43.4 Å². The van der Waals surface area contributed by atoms with Gasteiger partial charge in [0, 0.05) is 6.42 Å². The van der Waals surface area contributed by atoms with Gasteiger partial charge in [-0.3, -0.25) is 4.57 Å². The van der Waals surface area contributed by atoms with Crippen molar-refractivity contribution < 1.29 is 14.6 Å². The maximum absolute atomic E-state index is 10.4. The molecule has 9 heteroatoms. The minimum absolute atomic E-state index is 0.279. The lowest BCUT2D eigenvalue weighted by Gasteiger charge is -2.17. The average Bonchev–Trinajstić information content (AvgIpc) is 3.18. The molecule has 0 saturated carbocycles.